The summed E-state index contributed by atoms with van der Waals surface area (Å²) in [6.45, 7) is 4.41. The highest BCUT2D eigenvalue weighted by molar-refractivity contribution is 5.88. The zero-order valence-corrected chi connectivity index (χ0v) is 15.2. The van der Waals surface area contributed by atoms with Crippen LogP contribution < -0.4 is 0 Å². The second-order valence-corrected chi connectivity index (χ2v) is 6.88. The smallest absolute Gasteiger partial charge is 0.292 e. The van der Waals surface area contributed by atoms with Gasteiger partial charge in [0.1, 0.15) is 6.10 Å². The fraction of sp³-hybridized carbons (Fsp3) is 0.619. The number of unbranched alkanes of at least 4 members (excludes halogenated alkanes) is 2. The summed E-state index contributed by atoms with van der Waals surface area (Å²) in [5.41, 5.74) is 1.81. The van der Waals surface area contributed by atoms with E-state index < -0.39 is 5.97 Å². The Hall–Kier alpha value is -1.35. The Labute approximate surface area is 146 Å². The Morgan fingerprint density at radius 2 is 1.71 bits per heavy atom. The lowest BCUT2D eigenvalue weighted by atomic mass is 9.84. The molecule has 0 bridgehead atoms. The Bertz CT molecular complexity index is 472. The lowest BCUT2D eigenvalue weighted by molar-refractivity contribution is -0.240. The highest BCUT2D eigenvalue weighted by atomic mass is 17.2. The fourth-order valence-corrected chi connectivity index (χ4v) is 3.20. The van der Waals surface area contributed by atoms with E-state index in [1.54, 1.807) is 0 Å². The van der Waals surface area contributed by atoms with Gasteiger partial charge in [-0.15, -0.1) is 0 Å². The number of rotatable bonds is 9. The second kappa shape index (κ2) is 10.5. The number of aryl methyl sites for hydroxylation is 1. The second-order valence-electron chi connectivity index (χ2n) is 6.88. The van der Waals surface area contributed by atoms with Crippen LogP contribution in [0.25, 0.3) is 0 Å². The van der Waals surface area contributed by atoms with Crippen molar-refractivity contribution in [3.8, 4) is 0 Å². The molecule has 1 aromatic carbocycles. The molecular formula is C21H31O3. The molecule has 1 saturated carbocycles. The van der Waals surface area contributed by atoms with E-state index in [-0.39, 0.29) is 0 Å². The van der Waals surface area contributed by atoms with Crippen LogP contribution in [-0.2, 0) is 16.2 Å². The summed E-state index contributed by atoms with van der Waals surface area (Å²) in [7, 11) is 0. The fourth-order valence-electron chi connectivity index (χ4n) is 3.20. The SMILES string of the molecule is CCCCc1ccc(C(=O)OO[C]2CCC(CCCC)CC2)cc1. The summed E-state index contributed by atoms with van der Waals surface area (Å²) in [6, 6.07) is 7.64. The van der Waals surface area contributed by atoms with Crippen molar-refractivity contribution >= 4 is 5.97 Å². The number of hydrogen-bond acceptors (Lipinski definition) is 3. The van der Waals surface area contributed by atoms with Crippen LogP contribution in [0.3, 0.4) is 0 Å². The van der Waals surface area contributed by atoms with E-state index in [4.69, 9.17) is 9.78 Å². The molecule has 0 saturated heterocycles. The maximum atomic E-state index is 12.1. The third-order valence-corrected chi connectivity index (χ3v) is 4.87. The van der Waals surface area contributed by atoms with Gasteiger partial charge < -0.3 is 0 Å². The van der Waals surface area contributed by atoms with Crippen molar-refractivity contribution in [2.45, 2.75) is 78.1 Å². The van der Waals surface area contributed by atoms with Crippen LogP contribution in [0, 0.1) is 12.0 Å². The van der Waals surface area contributed by atoms with Gasteiger partial charge in [-0.25, -0.2) is 4.79 Å². The quantitative estimate of drug-likeness (QED) is 0.409. The third-order valence-electron chi connectivity index (χ3n) is 4.87. The molecule has 1 aliphatic rings. The van der Waals surface area contributed by atoms with Crippen molar-refractivity contribution in [2.24, 2.45) is 5.92 Å². The summed E-state index contributed by atoms with van der Waals surface area (Å²) < 4.78 is 0. The molecule has 2 rings (SSSR count). The molecule has 0 aromatic heterocycles. The Morgan fingerprint density at radius 3 is 2.33 bits per heavy atom. The first kappa shape index (κ1) is 19.0. The number of carbonyl (C=O) groups is 1. The minimum absolute atomic E-state index is 0.405. The molecule has 0 unspecified atom stereocenters. The molecule has 3 heteroatoms. The summed E-state index contributed by atoms with van der Waals surface area (Å²) in [5.74, 6) is 0.404. The summed E-state index contributed by atoms with van der Waals surface area (Å²) in [5, 5.41) is 0. The van der Waals surface area contributed by atoms with E-state index >= 15 is 0 Å². The van der Waals surface area contributed by atoms with Gasteiger partial charge >= 0.3 is 5.97 Å². The van der Waals surface area contributed by atoms with Gasteiger partial charge in [-0.3, -0.25) is 4.89 Å². The van der Waals surface area contributed by atoms with Gasteiger partial charge in [0.25, 0.3) is 0 Å². The molecule has 3 nitrogen and oxygen atoms in total. The Kier molecular flexibility index (Phi) is 8.31. The summed E-state index contributed by atoms with van der Waals surface area (Å²) in [6.07, 6.45) is 12.3. The van der Waals surface area contributed by atoms with E-state index in [1.807, 2.05) is 24.3 Å². The van der Waals surface area contributed by atoms with Crippen LogP contribution in [0.5, 0.6) is 0 Å². The Balaban J connectivity index is 1.69. The van der Waals surface area contributed by atoms with Crippen molar-refractivity contribution in [1.29, 1.82) is 0 Å². The monoisotopic (exact) mass is 331 g/mol. The van der Waals surface area contributed by atoms with Crippen LogP contribution in [0.1, 0.15) is 87.6 Å². The highest BCUT2D eigenvalue weighted by Crippen LogP contribution is 2.33. The first-order valence-electron chi connectivity index (χ1n) is 9.55. The lowest BCUT2D eigenvalue weighted by Crippen LogP contribution is -2.17. The molecule has 0 N–H and O–H groups in total. The first-order chi connectivity index (χ1) is 11.7. The van der Waals surface area contributed by atoms with Crippen LogP contribution >= 0.6 is 0 Å². The van der Waals surface area contributed by atoms with Crippen LogP contribution in [-0.4, -0.2) is 5.97 Å². The average molecular weight is 331 g/mol. The standard InChI is InChI=1S/C21H31O3/c1-3-5-7-17-9-13-19(14-10-17)21(22)24-23-20-15-11-18(12-16-20)8-6-4-2/h9-10,13-14,18H,3-8,11-12,15-16H2,1-2H3. The topological polar surface area (TPSA) is 35.5 Å². The zero-order valence-electron chi connectivity index (χ0n) is 15.2. The number of hydrogen-bond donors (Lipinski definition) is 0. The maximum absolute atomic E-state index is 12.1. The summed E-state index contributed by atoms with van der Waals surface area (Å²) in [4.78, 5) is 22.4. The van der Waals surface area contributed by atoms with Gasteiger partial charge in [0.05, 0.1) is 5.56 Å². The minimum Gasteiger partial charge on any atom is -0.292 e. The van der Waals surface area contributed by atoms with E-state index in [9.17, 15) is 4.79 Å². The van der Waals surface area contributed by atoms with E-state index in [1.165, 1.54) is 37.7 Å². The minimum atomic E-state index is -0.405. The molecule has 0 spiro atoms. The van der Waals surface area contributed by atoms with E-state index in [0.717, 1.165) is 44.1 Å². The van der Waals surface area contributed by atoms with Crippen LogP contribution in [0.2, 0.25) is 0 Å². The maximum Gasteiger partial charge on any atom is 0.373 e. The first-order valence-corrected chi connectivity index (χ1v) is 9.55. The predicted octanol–water partition coefficient (Wildman–Crippen LogP) is 6.03. The number of benzene rings is 1. The lowest BCUT2D eigenvalue weighted by Gasteiger charge is -2.26. The van der Waals surface area contributed by atoms with E-state index in [2.05, 4.69) is 13.8 Å². The van der Waals surface area contributed by atoms with Crippen molar-refractivity contribution in [3.05, 3.63) is 41.5 Å². The van der Waals surface area contributed by atoms with Crippen LogP contribution in [0.4, 0.5) is 0 Å². The van der Waals surface area contributed by atoms with Crippen molar-refractivity contribution < 1.29 is 14.6 Å². The highest BCUT2D eigenvalue weighted by Gasteiger charge is 2.24. The molecule has 0 aliphatic heterocycles. The van der Waals surface area contributed by atoms with Crippen molar-refractivity contribution in [2.75, 3.05) is 0 Å². The largest absolute Gasteiger partial charge is 0.373 e. The Morgan fingerprint density at radius 1 is 1.04 bits per heavy atom. The van der Waals surface area contributed by atoms with Gasteiger partial charge in [0.15, 0.2) is 0 Å². The van der Waals surface area contributed by atoms with Gasteiger partial charge in [0, 0.05) is 0 Å². The molecule has 1 fully saturated rings. The molecule has 0 atom stereocenters. The zero-order chi connectivity index (χ0) is 17.2. The van der Waals surface area contributed by atoms with Crippen LogP contribution in [0.15, 0.2) is 24.3 Å². The molecule has 1 aliphatic carbocycles. The van der Waals surface area contributed by atoms with Gasteiger partial charge in [-0.1, -0.05) is 51.7 Å². The van der Waals surface area contributed by atoms with Gasteiger partial charge in [-0.2, -0.15) is 4.89 Å². The molecule has 24 heavy (non-hydrogen) atoms. The van der Waals surface area contributed by atoms with Gasteiger partial charge in [-0.05, 0) is 62.1 Å². The molecule has 1 aromatic rings. The molecular weight excluding hydrogens is 300 g/mol. The third kappa shape index (κ3) is 6.27. The van der Waals surface area contributed by atoms with E-state index in [0.29, 0.717) is 5.56 Å². The predicted molar refractivity (Wildman–Crippen MR) is 96.3 cm³/mol. The molecule has 1 radical (unpaired) electrons. The van der Waals surface area contributed by atoms with Crippen molar-refractivity contribution in [1.82, 2.24) is 0 Å². The number of carbonyl (C=O) groups excluding carboxylic acids is 1. The van der Waals surface area contributed by atoms with Gasteiger partial charge in [0.2, 0.25) is 0 Å². The normalized spacial score (nSPS) is 16.2. The molecule has 133 valence electrons. The average Bonchev–Trinajstić information content (AvgIpc) is 2.64. The van der Waals surface area contributed by atoms with Crippen molar-refractivity contribution in [3.63, 3.8) is 0 Å². The molecule has 0 heterocycles. The molecule has 0 amide bonds. The summed E-state index contributed by atoms with van der Waals surface area (Å²) >= 11 is 0.